The van der Waals surface area contributed by atoms with Crippen LogP contribution in [0.4, 0.5) is 4.39 Å². The van der Waals surface area contributed by atoms with E-state index in [0.29, 0.717) is 40.8 Å². The molecule has 2 aromatic carbocycles. The quantitative estimate of drug-likeness (QED) is 0.528. The Morgan fingerprint density at radius 3 is 2.69 bits per heavy atom. The molecule has 0 aliphatic heterocycles. The fourth-order valence-electron chi connectivity index (χ4n) is 3.28. The van der Waals surface area contributed by atoms with E-state index in [9.17, 15) is 14.3 Å². The lowest BCUT2D eigenvalue weighted by molar-refractivity contribution is 0.0909. The molecule has 0 fully saturated rings. The van der Waals surface area contributed by atoms with E-state index in [2.05, 4.69) is 10.3 Å². The maximum atomic E-state index is 13.5. The number of methoxy groups -OCH3 is 1. The fourth-order valence-corrected chi connectivity index (χ4v) is 3.46. The topological polar surface area (TPSA) is 85.6 Å². The van der Waals surface area contributed by atoms with Gasteiger partial charge in [0.05, 0.1) is 31.0 Å². The predicted molar refractivity (Wildman–Crippen MR) is 120 cm³/mol. The molecular weight excluding hydrogens is 437 g/mol. The minimum Gasteiger partial charge on any atom is -0.493 e. The van der Waals surface area contributed by atoms with Crippen LogP contribution in [0.2, 0.25) is 5.02 Å². The first-order valence-corrected chi connectivity index (χ1v) is 10.4. The van der Waals surface area contributed by atoms with Crippen LogP contribution in [0.5, 0.6) is 11.5 Å². The zero-order valence-electron chi connectivity index (χ0n) is 18.3. The number of carbonyl (C=O) groups is 1. The molecule has 7 nitrogen and oxygen atoms in total. The van der Waals surface area contributed by atoms with Crippen molar-refractivity contribution in [1.29, 1.82) is 0 Å². The molecule has 3 aromatic rings. The molecular formula is C23H25ClFN3O4. The summed E-state index contributed by atoms with van der Waals surface area (Å²) < 4.78 is 26.0. The highest BCUT2D eigenvalue weighted by Crippen LogP contribution is 2.29. The van der Waals surface area contributed by atoms with Crippen LogP contribution in [-0.2, 0) is 7.05 Å². The van der Waals surface area contributed by atoms with E-state index in [-0.39, 0.29) is 17.5 Å². The third-order valence-electron chi connectivity index (χ3n) is 5.09. The molecule has 3 rings (SSSR count). The first-order valence-electron chi connectivity index (χ1n) is 10.0. The molecule has 0 saturated heterocycles. The summed E-state index contributed by atoms with van der Waals surface area (Å²) in [5.41, 5.74) is 2.35. The summed E-state index contributed by atoms with van der Waals surface area (Å²) in [6, 6.07) is 9.20. The number of hydrogen-bond acceptors (Lipinski definition) is 5. The van der Waals surface area contributed by atoms with Gasteiger partial charge in [-0.25, -0.2) is 9.37 Å². The van der Waals surface area contributed by atoms with E-state index >= 15 is 0 Å². The average molecular weight is 462 g/mol. The summed E-state index contributed by atoms with van der Waals surface area (Å²) in [5.74, 6) is 0.466. The van der Waals surface area contributed by atoms with Gasteiger partial charge in [-0.1, -0.05) is 11.6 Å². The minimum atomic E-state index is -1.06. The summed E-state index contributed by atoms with van der Waals surface area (Å²) in [6.45, 7) is 4.11. The number of imidazole rings is 1. The maximum absolute atomic E-state index is 13.5. The zero-order chi connectivity index (χ0) is 23.4. The van der Waals surface area contributed by atoms with Crippen LogP contribution >= 0.6 is 11.6 Å². The van der Waals surface area contributed by atoms with E-state index in [4.69, 9.17) is 21.1 Å². The van der Waals surface area contributed by atoms with Crippen LogP contribution in [-0.4, -0.2) is 40.8 Å². The Balaban J connectivity index is 1.74. The molecule has 2 N–H and O–H groups in total. The van der Waals surface area contributed by atoms with Gasteiger partial charge < -0.3 is 24.5 Å². The Morgan fingerprint density at radius 2 is 2.03 bits per heavy atom. The van der Waals surface area contributed by atoms with E-state index in [1.165, 1.54) is 19.2 Å². The number of aliphatic hydroxyl groups is 1. The number of aromatic nitrogens is 2. The zero-order valence-corrected chi connectivity index (χ0v) is 19.0. The fraction of sp³-hybridized carbons (Fsp3) is 0.304. The number of rotatable bonds is 8. The lowest BCUT2D eigenvalue weighted by atomic mass is 10.1. The molecule has 32 heavy (non-hydrogen) atoms. The molecule has 0 saturated carbocycles. The lowest BCUT2D eigenvalue weighted by Crippen LogP contribution is -2.29. The lowest BCUT2D eigenvalue weighted by Gasteiger charge is -2.14. The first-order chi connectivity index (χ1) is 15.3. The number of halogens is 2. The molecule has 0 bridgehead atoms. The SMILES string of the molecule is CCOc1ccc(C(=O)NCC(O)c2nc(-c3ccc(F)c(Cl)c3)c(C)n2C)cc1OC. The van der Waals surface area contributed by atoms with Crippen LogP contribution in [0.25, 0.3) is 11.3 Å². The van der Waals surface area contributed by atoms with Crippen molar-refractivity contribution in [3.63, 3.8) is 0 Å². The summed E-state index contributed by atoms with van der Waals surface area (Å²) in [6.07, 6.45) is -1.06. The van der Waals surface area contributed by atoms with Crippen molar-refractivity contribution < 1.29 is 23.8 Å². The normalized spacial score (nSPS) is 11.8. The van der Waals surface area contributed by atoms with E-state index < -0.39 is 11.9 Å². The van der Waals surface area contributed by atoms with Gasteiger partial charge in [0.15, 0.2) is 11.5 Å². The monoisotopic (exact) mass is 461 g/mol. The molecule has 9 heteroatoms. The Bertz CT molecular complexity index is 1130. The summed E-state index contributed by atoms with van der Waals surface area (Å²) in [7, 11) is 3.26. The molecule has 1 atom stereocenters. The molecule has 170 valence electrons. The molecule has 1 unspecified atom stereocenters. The molecule has 0 radical (unpaired) electrons. The van der Waals surface area contributed by atoms with Gasteiger partial charge in [0.2, 0.25) is 0 Å². The highest BCUT2D eigenvalue weighted by atomic mass is 35.5. The number of nitrogens with one attached hydrogen (secondary N) is 1. The Hall–Kier alpha value is -3.10. The molecule has 0 aliphatic rings. The van der Waals surface area contributed by atoms with Crippen LogP contribution in [0, 0.1) is 12.7 Å². The Labute approximate surface area is 190 Å². The van der Waals surface area contributed by atoms with Crippen molar-refractivity contribution in [3.8, 4) is 22.8 Å². The number of aliphatic hydroxyl groups excluding tert-OH is 1. The van der Waals surface area contributed by atoms with Gasteiger partial charge >= 0.3 is 0 Å². The second-order valence-electron chi connectivity index (χ2n) is 7.12. The van der Waals surface area contributed by atoms with Crippen molar-refractivity contribution in [2.75, 3.05) is 20.3 Å². The van der Waals surface area contributed by atoms with Crippen molar-refractivity contribution in [1.82, 2.24) is 14.9 Å². The molecule has 0 aliphatic carbocycles. The first kappa shape index (κ1) is 23.6. The van der Waals surface area contributed by atoms with E-state index in [1.54, 1.807) is 35.9 Å². The van der Waals surface area contributed by atoms with Gasteiger partial charge in [-0.3, -0.25) is 4.79 Å². The Kier molecular flexibility index (Phi) is 7.37. The van der Waals surface area contributed by atoms with Crippen LogP contribution in [0.3, 0.4) is 0 Å². The van der Waals surface area contributed by atoms with Gasteiger partial charge in [-0.15, -0.1) is 0 Å². The number of carbonyl (C=O) groups excluding carboxylic acids is 1. The summed E-state index contributed by atoms with van der Waals surface area (Å²) >= 11 is 5.89. The van der Waals surface area contributed by atoms with E-state index in [0.717, 1.165) is 5.69 Å². The molecule has 1 aromatic heterocycles. The molecule has 1 amide bonds. The number of hydrogen-bond donors (Lipinski definition) is 2. The number of amides is 1. The second kappa shape index (κ2) is 10.0. The van der Waals surface area contributed by atoms with Gasteiger partial charge in [0.25, 0.3) is 5.91 Å². The van der Waals surface area contributed by atoms with Crippen LogP contribution in [0.1, 0.15) is 34.9 Å². The van der Waals surface area contributed by atoms with E-state index in [1.807, 2.05) is 13.8 Å². The number of benzene rings is 2. The summed E-state index contributed by atoms with van der Waals surface area (Å²) in [4.78, 5) is 17.1. The molecule has 1 heterocycles. The highest BCUT2D eigenvalue weighted by Gasteiger charge is 2.21. The largest absolute Gasteiger partial charge is 0.493 e. The smallest absolute Gasteiger partial charge is 0.251 e. The van der Waals surface area contributed by atoms with Crippen LogP contribution in [0.15, 0.2) is 36.4 Å². The van der Waals surface area contributed by atoms with Crippen molar-refractivity contribution in [3.05, 3.63) is 64.3 Å². The number of nitrogens with zero attached hydrogens (tertiary/aromatic N) is 2. The van der Waals surface area contributed by atoms with Gasteiger partial charge in [-0.05, 0) is 50.2 Å². The third kappa shape index (κ3) is 4.87. The van der Waals surface area contributed by atoms with Crippen molar-refractivity contribution in [2.24, 2.45) is 7.05 Å². The highest BCUT2D eigenvalue weighted by molar-refractivity contribution is 6.31. The molecule has 0 spiro atoms. The van der Waals surface area contributed by atoms with Gasteiger partial charge in [-0.2, -0.15) is 0 Å². The predicted octanol–water partition coefficient (Wildman–Crippen LogP) is 4.06. The third-order valence-corrected chi connectivity index (χ3v) is 5.38. The number of ether oxygens (including phenoxy) is 2. The maximum Gasteiger partial charge on any atom is 0.251 e. The van der Waals surface area contributed by atoms with Crippen molar-refractivity contribution >= 4 is 17.5 Å². The van der Waals surface area contributed by atoms with Gasteiger partial charge in [0, 0.05) is 23.9 Å². The average Bonchev–Trinajstić information content (AvgIpc) is 3.08. The Morgan fingerprint density at radius 1 is 1.28 bits per heavy atom. The van der Waals surface area contributed by atoms with Crippen molar-refractivity contribution in [2.45, 2.75) is 20.0 Å². The summed E-state index contributed by atoms with van der Waals surface area (Å²) in [5, 5.41) is 13.4. The van der Waals surface area contributed by atoms with Crippen LogP contribution < -0.4 is 14.8 Å². The standard InChI is InChI=1S/C23H25ClFN3O4/c1-5-32-19-9-7-15(11-20(19)31-4)23(30)26-12-18(29)22-27-21(13(2)28(22)3)14-6-8-17(25)16(24)10-14/h6-11,18,29H,5,12H2,1-4H3,(H,26,30). The second-order valence-corrected chi connectivity index (χ2v) is 7.52. The minimum absolute atomic E-state index is 0.00676. The van der Waals surface area contributed by atoms with Gasteiger partial charge in [0.1, 0.15) is 17.7 Å².